The normalized spacial score (nSPS) is 12.9. The molecule has 7 nitrogen and oxygen atoms in total. The van der Waals surface area contributed by atoms with E-state index >= 15 is 0 Å². The van der Waals surface area contributed by atoms with Crippen LogP contribution in [0.25, 0.3) is 0 Å². The molecule has 0 aliphatic carbocycles. The number of ether oxygens (including phenoxy) is 2. The lowest BCUT2D eigenvalue weighted by molar-refractivity contribution is -0.138. The van der Waals surface area contributed by atoms with Gasteiger partial charge in [-0.2, -0.15) is 4.72 Å². The topological polar surface area (TPSA) is 102 Å². The summed E-state index contributed by atoms with van der Waals surface area (Å²) in [6.07, 6.45) is 0. The zero-order chi connectivity index (χ0) is 15.2. The van der Waals surface area contributed by atoms with Crippen molar-refractivity contribution in [3.05, 3.63) is 24.3 Å². The molecule has 1 aromatic carbocycles. The molecule has 0 aromatic heterocycles. The van der Waals surface area contributed by atoms with Gasteiger partial charge in [0.05, 0.1) is 11.5 Å². The van der Waals surface area contributed by atoms with Crippen LogP contribution in [0.4, 0.5) is 0 Å². The monoisotopic (exact) mass is 303 g/mol. The van der Waals surface area contributed by atoms with Gasteiger partial charge in [0.15, 0.2) is 0 Å². The molecule has 0 aliphatic rings. The minimum atomic E-state index is -3.86. The van der Waals surface area contributed by atoms with Gasteiger partial charge in [-0.3, -0.25) is 4.79 Å². The third-order valence-electron chi connectivity index (χ3n) is 2.39. The van der Waals surface area contributed by atoms with Crippen LogP contribution in [0, 0.1) is 0 Å². The molecule has 2 N–H and O–H groups in total. The fourth-order valence-corrected chi connectivity index (χ4v) is 2.51. The van der Waals surface area contributed by atoms with Crippen molar-refractivity contribution in [1.82, 2.24) is 4.72 Å². The average molecular weight is 303 g/mol. The summed E-state index contributed by atoms with van der Waals surface area (Å²) >= 11 is 0. The lowest BCUT2D eigenvalue weighted by atomic mass is 10.3. The minimum absolute atomic E-state index is 0.0234. The number of hydrogen-bond donors (Lipinski definition) is 2. The van der Waals surface area contributed by atoms with Gasteiger partial charge in [0.25, 0.3) is 0 Å². The van der Waals surface area contributed by atoms with Crippen LogP contribution in [0.15, 0.2) is 29.2 Å². The first-order valence-corrected chi connectivity index (χ1v) is 7.32. The van der Waals surface area contributed by atoms with E-state index in [0.717, 1.165) is 0 Å². The standard InChI is InChI=1S/C12H17NO6S/c1-9(12(14)15)13-20(16,17)11-5-3-10(4-6-11)19-8-7-18-2/h3-6,9,13H,7-8H2,1-2H3,(H,14,15)/t9-/m1/s1. The molecule has 0 fully saturated rings. The molecule has 1 atom stereocenters. The van der Waals surface area contributed by atoms with Crippen molar-refractivity contribution in [3.63, 3.8) is 0 Å². The first kappa shape index (κ1) is 16.4. The van der Waals surface area contributed by atoms with Crippen LogP contribution in [-0.2, 0) is 19.6 Å². The number of hydrogen-bond acceptors (Lipinski definition) is 5. The van der Waals surface area contributed by atoms with Crippen LogP contribution in [0.1, 0.15) is 6.92 Å². The molecule has 0 heterocycles. The molecule has 0 unspecified atom stereocenters. The predicted octanol–water partition coefficient (Wildman–Crippen LogP) is 0.463. The van der Waals surface area contributed by atoms with Crippen molar-refractivity contribution in [1.29, 1.82) is 0 Å². The number of aliphatic carboxylic acids is 1. The first-order valence-electron chi connectivity index (χ1n) is 5.84. The van der Waals surface area contributed by atoms with Gasteiger partial charge in [-0.05, 0) is 31.2 Å². The Labute approximate surface area is 117 Å². The van der Waals surface area contributed by atoms with E-state index in [-0.39, 0.29) is 4.90 Å². The maximum atomic E-state index is 11.9. The predicted molar refractivity (Wildman–Crippen MR) is 71.2 cm³/mol. The van der Waals surface area contributed by atoms with Crippen LogP contribution in [0.5, 0.6) is 5.75 Å². The molecule has 0 saturated heterocycles. The minimum Gasteiger partial charge on any atom is -0.491 e. The van der Waals surface area contributed by atoms with Crippen LogP contribution in [-0.4, -0.2) is 45.9 Å². The van der Waals surface area contributed by atoms with E-state index in [1.165, 1.54) is 31.2 Å². The lowest BCUT2D eigenvalue weighted by Gasteiger charge is -2.11. The number of sulfonamides is 1. The number of carboxylic acid groups (broad SMARTS) is 1. The average Bonchev–Trinajstić information content (AvgIpc) is 2.39. The third kappa shape index (κ3) is 4.80. The number of nitrogens with one attached hydrogen (secondary N) is 1. The van der Waals surface area contributed by atoms with Crippen LogP contribution in [0.3, 0.4) is 0 Å². The van der Waals surface area contributed by atoms with E-state index in [1.807, 2.05) is 0 Å². The van der Waals surface area contributed by atoms with Crippen molar-refractivity contribution in [2.45, 2.75) is 17.9 Å². The molecule has 0 spiro atoms. The third-order valence-corrected chi connectivity index (χ3v) is 3.95. The van der Waals surface area contributed by atoms with Gasteiger partial charge in [-0.1, -0.05) is 0 Å². The first-order chi connectivity index (χ1) is 9.36. The summed E-state index contributed by atoms with van der Waals surface area (Å²) in [4.78, 5) is 10.6. The lowest BCUT2D eigenvalue weighted by Crippen LogP contribution is -2.38. The smallest absolute Gasteiger partial charge is 0.321 e. The van der Waals surface area contributed by atoms with E-state index in [4.69, 9.17) is 14.6 Å². The Hall–Kier alpha value is -1.64. The van der Waals surface area contributed by atoms with Crippen LogP contribution >= 0.6 is 0 Å². The van der Waals surface area contributed by atoms with E-state index in [9.17, 15) is 13.2 Å². The summed E-state index contributed by atoms with van der Waals surface area (Å²) in [6, 6.07) is 4.49. The van der Waals surface area contributed by atoms with E-state index in [1.54, 1.807) is 7.11 Å². The highest BCUT2D eigenvalue weighted by Gasteiger charge is 2.21. The summed E-state index contributed by atoms with van der Waals surface area (Å²) in [5, 5.41) is 8.70. The molecule has 20 heavy (non-hydrogen) atoms. The Morgan fingerprint density at radius 3 is 2.40 bits per heavy atom. The Kier molecular flexibility index (Phi) is 5.93. The molecule has 1 rings (SSSR count). The Morgan fingerprint density at radius 2 is 1.90 bits per heavy atom. The van der Waals surface area contributed by atoms with Gasteiger partial charge in [0.1, 0.15) is 18.4 Å². The zero-order valence-electron chi connectivity index (χ0n) is 11.2. The maximum Gasteiger partial charge on any atom is 0.321 e. The van der Waals surface area contributed by atoms with Crippen molar-refractivity contribution in [2.24, 2.45) is 0 Å². The number of carboxylic acids is 1. The summed E-state index contributed by atoms with van der Waals surface area (Å²) in [5.74, 6) is -0.736. The highest BCUT2D eigenvalue weighted by molar-refractivity contribution is 7.89. The maximum absolute atomic E-state index is 11.9. The van der Waals surface area contributed by atoms with Crippen molar-refractivity contribution >= 4 is 16.0 Å². The highest BCUT2D eigenvalue weighted by Crippen LogP contribution is 2.16. The van der Waals surface area contributed by atoms with Crippen molar-refractivity contribution < 1.29 is 27.8 Å². The van der Waals surface area contributed by atoms with E-state index in [2.05, 4.69) is 4.72 Å². The number of methoxy groups -OCH3 is 1. The molecule has 0 saturated carbocycles. The quantitative estimate of drug-likeness (QED) is 0.677. The van der Waals surface area contributed by atoms with Crippen LogP contribution < -0.4 is 9.46 Å². The van der Waals surface area contributed by atoms with Gasteiger partial charge in [-0.15, -0.1) is 0 Å². The highest BCUT2D eigenvalue weighted by atomic mass is 32.2. The number of benzene rings is 1. The molecule has 112 valence electrons. The Bertz CT molecular complexity index is 540. The largest absolute Gasteiger partial charge is 0.491 e. The summed E-state index contributed by atoms with van der Waals surface area (Å²) in [7, 11) is -2.31. The Morgan fingerprint density at radius 1 is 1.30 bits per heavy atom. The molecule has 0 bridgehead atoms. The fraction of sp³-hybridized carbons (Fsp3) is 0.417. The number of carbonyl (C=O) groups is 1. The van der Waals surface area contributed by atoms with Gasteiger partial charge in [0.2, 0.25) is 10.0 Å². The zero-order valence-corrected chi connectivity index (χ0v) is 12.0. The molecule has 0 radical (unpaired) electrons. The second kappa shape index (κ2) is 7.22. The molecule has 0 amide bonds. The van der Waals surface area contributed by atoms with Crippen LogP contribution in [0.2, 0.25) is 0 Å². The molecular formula is C12H17NO6S. The summed E-state index contributed by atoms with van der Waals surface area (Å²) < 4.78 is 35.9. The Balaban J connectivity index is 2.74. The van der Waals surface area contributed by atoms with Crippen molar-refractivity contribution in [3.8, 4) is 5.75 Å². The molecule has 0 aliphatic heterocycles. The van der Waals surface area contributed by atoms with E-state index in [0.29, 0.717) is 19.0 Å². The van der Waals surface area contributed by atoms with Gasteiger partial charge >= 0.3 is 5.97 Å². The second-order valence-corrected chi connectivity index (χ2v) is 5.71. The second-order valence-electron chi connectivity index (χ2n) is 3.99. The molecule has 8 heteroatoms. The van der Waals surface area contributed by atoms with Gasteiger partial charge in [0, 0.05) is 7.11 Å². The summed E-state index contributed by atoms with van der Waals surface area (Å²) in [6.45, 7) is 2.04. The molecular weight excluding hydrogens is 286 g/mol. The fourth-order valence-electron chi connectivity index (χ4n) is 1.31. The molecule has 1 aromatic rings. The van der Waals surface area contributed by atoms with E-state index < -0.39 is 22.0 Å². The van der Waals surface area contributed by atoms with Crippen molar-refractivity contribution in [2.75, 3.05) is 20.3 Å². The van der Waals surface area contributed by atoms with Gasteiger partial charge in [-0.25, -0.2) is 8.42 Å². The SMILES string of the molecule is COCCOc1ccc(S(=O)(=O)N[C@H](C)C(=O)O)cc1. The van der Waals surface area contributed by atoms with Gasteiger partial charge < -0.3 is 14.6 Å². The number of rotatable bonds is 8. The summed E-state index contributed by atoms with van der Waals surface area (Å²) in [5.41, 5.74) is 0.